The van der Waals surface area contributed by atoms with Gasteiger partial charge in [0.15, 0.2) is 17.2 Å². The van der Waals surface area contributed by atoms with Gasteiger partial charge in [0.2, 0.25) is 6.79 Å². The van der Waals surface area contributed by atoms with Crippen LogP contribution in [-0.2, 0) is 17.9 Å². The molecule has 1 atom stereocenters. The van der Waals surface area contributed by atoms with E-state index in [-0.39, 0.29) is 29.3 Å². The number of carbonyl (C=O) groups is 1. The first-order valence-corrected chi connectivity index (χ1v) is 9.29. The van der Waals surface area contributed by atoms with Crippen LogP contribution >= 0.6 is 11.6 Å². The molecule has 2 aliphatic rings. The zero-order valence-corrected chi connectivity index (χ0v) is 15.8. The monoisotopic (exact) mass is 415 g/mol. The predicted octanol–water partition coefficient (Wildman–Crippen LogP) is 3.93. The smallest absolute Gasteiger partial charge is 0.276 e. The molecule has 0 fully saturated rings. The highest BCUT2D eigenvalue weighted by atomic mass is 35.5. The number of carbonyl (C=O) groups excluding carboxylic acids is 1. The Balaban J connectivity index is 1.34. The molecule has 0 radical (unpaired) electrons. The summed E-state index contributed by atoms with van der Waals surface area (Å²) in [7, 11) is 0. The molecule has 29 heavy (non-hydrogen) atoms. The van der Waals surface area contributed by atoms with Crippen molar-refractivity contribution in [3.05, 3.63) is 70.3 Å². The molecular formula is C20H15ClFN3O4. The molecule has 9 heteroatoms. The Hall–Kier alpha value is -3.10. The van der Waals surface area contributed by atoms with Crippen molar-refractivity contribution >= 4 is 23.2 Å². The first-order chi connectivity index (χ1) is 14.1. The van der Waals surface area contributed by atoms with Crippen molar-refractivity contribution in [1.29, 1.82) is 0 Å². The number of anilines is 1. The highest BCUT2D eigenvalue weighted by Gasteiger charge is 2.26. The van der Waals surface area contributed by atoms with Gasteiger partial charge in [0.1, 0.15) is 11.9 Å². The van der Waals surface area contributed by atoms with Gasteiger partial charge in [0.05, 0.1) is 29.6 Å². The maximum absolute atomic E-state index is 13.4. The minimum Gasteiger partial charge on any atom is -0.454 e. The van der Waals surface area contributed by atoms with Crippen molar-refractivity contribution in [2.24, 2.45) is 0 Å². The highest BCUT2D eigenvalue weighted by molar-refractivity contribution is 6.33. The van der Waals surface area contributed by atoms with Crippen molar-refractivity contribution in [3.8, 4) is 11.5 Å². The molecule has 0 spiro atoms. The summed E-state index contributed by atoms with van der Waals surface area (Å²) in [6.45, 7) is 0.963. The number of rotatable bonds is 3. The average molecular weight is 416 g/mol. The third-order valence-corrected chi connectivity index (χ3v) is 5.14. The van der Waals surface area contributed by atoms with E-state index in [1.807, 2.05) is 18.2 Å². The molecule has 0 bridgehead atoms. The number of aromatic nitrogens is 2. The van der Waals surface area contributed by atoms with Crippen LogP contribution in [0.4, 0.5) is 10.1 Å². The second-order valence-corrected chi connectivity index (χ2v) is 7.10. The zero-order chi connectivity index (χ0) is 20.0. The van der Waals surface area contributed by atoms with E-state index >= 15 is 0 Å². The molecule has 1 N–H and O–H groups in total. The summed E-state index contributed by atoms with van der Waals surface area (Å²) in [6.07, 6.45) is -0.231. The summed E-state index contributed by atoms with van der Waals surface area (Å²) in [4.78, 5) is 12.5. The highest BCUT2D eigenvalue weighted by Crippen LogP contribution is 2.36. The third-order valence-electron chi connectivity index (χ3n) is 4.81. The fourth-order valence-electron chi connectivity index (χ4n) is 3.33. The van der Waals surface area contributed by atoms with Gasteiger partial charge >= 0.3 is 0 Å². The van der Waals surface area contributed by atoms with E-state index in [4.69, 9.17) is 25.8 Å². The van der Waals surface area contributed by atoms with Gasteiger partial charge in [0.25, 0.3) is 5.91 Å². The largest absolute Gasteiger partial charge is 0.454 e. The Morgan fingerprint density at radius 2 is 2.03 bits per heavy atom. The molecule has 148 valence electrons. The minimum absolute atomic E-state index is 0.192. The molecule has 5 rings (SSSR count). The first kappa shape index (κ1) is 18.0. The lowest BCUT2D eigenvalue weighted by atomic mass is 10.1. The number of fused-ring (bicyclic) bond motifs is 2. The van der Waals surface area contributed by atoms with Gasteiger partial charge in [-0.1, -0.05) is 17.7 Å². The topological polar surface area (TPSA) is 74.6 Å². The van der Waals surface area contributed by atoms with E-state index in [9.17, 15) is 9.18 Å². The lowest BCUT2D eigenvalue weighted by Crippen LogP contribution is -2.22. The van der Waals surface area contributed by atoms with Gasteiger partial charge in [-0.25, -0.2) is 4.39 Å². The van der Waals surface area contributed by atoms with Gasteiger partial charge in [-0.2, -0.15) is 5.10 Å². The fourth-order valence-corrected chi connectivity index (χ4v) is 3.50. The molecular weight excluding hydrogens is 401 g/mol. The molecule has 0 aliphatic carbocycles. The summed E-state index contributed by atoms with van der Waals surface area (Å²) in [5.74, 6) is 0.427. The van der Waals surface area contributed by atoms with Crippen molar-refractivity contribution in [3.63, 3.8) is 0 Å². The number of amides is 1. The van der Waals surface area contributed by atoms with Crippen LogP contribution in [0.1, 0.15) is 27.8 Å². The number of nitrogens with zero attached hydrogens (tertiary/aromatic N) is 2. The SMILES string of the molecule is O=C(Nc1cc(F)ccc1Cl)c1cc2n(n1)C[C@H](c1ccc3c(c1)OCO3)OC2. The molecule has 3 aromatic rings. The number of ether oxygens (including phenoxy) is 3. The molecule has 1 aromatic heterocycles. The van der Waals surface area contributed by atoms with Crippen molar-refractivity contribution in [2.45, 2.75) is 19.3 Å². The standard InChI is InChI=1S/C20H15ClFN3O4/c21-14-3-2-12(22)6-15(14)23-20(26)16-7-13-9-27-19(8-25(13)24-16)11-1-4-17-18(5-11)29-10-28-17/h1-7,19H,8-10H2,(H,23,26)/t19-/m1/s1. The van der Waals surface area contributed by atoms with E-state index in [1.165, 1.54) is 12.1 Å². The molecule has 2 aromatic carbocycles. The number of hydrogen-bond donors (Lipinski definition) is 1. The quantitative estimate of drug-likeness (QED) is 0.701. The van der Waals surface area contributed by atoms with Crippen molar-refractivity contribution in [2.75, 3.05) is 12.1 Å². The van der Waals surface area contributed by atoms with E-state index in [1.54, 1.807) is 10.7 Å². The average Bonchev–Trinajstić information content (AvgIpc) is 3.36. The minimum atomic E-state index is -0.492. The number of halogens is 2. The molecule has 0 saturated heterocycles. The zero-order valence-electron chi connectivity index (χ0n) is 15.0. The lowest BCUT2D eigenvalue weighted by Gasteiger charge is -2.24. The maximum Gasteiger partial charge on any atom is 0.276 e. The second-order valence-electron chi connectivity index (χ2n) is 6.69. The van der Waals surface area contributed by atoms with Gasteiger partial charge in [-0.3, -0.25) is 9.48 Å². The Kier molecular flexibility index (Phi) is 4.37. The van der Waals surface area contributed by atoms with E-state index in [0.717, 1.165) is 17.3 Å². The maximum atomic E-state index is 13.4. The van der Waals surface area contributed by atoms with E-state index < -0.39 is 11.7 Å². The number of benzene rings is 2. The third kappa shape index (κ3) is 3.41. The van der Waals surface area contributed by atoms with Gasteiger partial charge in [0, 0.05) is 0 Å². The Morgan fingerprint density at radius 1 is 1.17 bits per heavy atom. The fraction of sp³-hybridized carbons (Fsp3) is 0.200. The second kappa shape index (κ2) is 7.06. The summed E-state index contributed by atoms with van der Waals surface area (Å²) < 4.78 is 31.8. The predicted molar refractivity (Wildman–Crippen MR) is 102 cm³/mol. The molecule has 7 nitrogen and oxygen atoms in total. The summed E-state index contributed by atoms with van der Waals surface area (Å²) in [5.41, 5.74) is 2.11. The van der Waals surface area contributed by atoms with Gasteiger partial charge in [-0.05, 0) is 42.0 Å². The van der Waals surface area contributed by atoms with Crippen LogP contribution in [-0.4, -0.2) is 22.5 Å². The molecule has 1 amide bonds. The lowest BCUT2D eigenvalue weighted by molar-refractivity contribution is -0.00127. The summed E-state index contributed by atoms with van der Waals surface area (Å²) in [5, 5.41) is 7.21. The van der Waals surface area contributed by atoms with Crippen LogP contribution in [0.5, 0.6) is 11.5 Å². The normalized spacial score (nSPS) is 17.1. The van der Waals surface area contributed by atoms with Crippen LogP contribution in [0.15, 0.2) is 42.5 Å². The van der Waals surface area contributed by atoms with Crippen LogP contribution in [0.3, 0.4) is 0 Å². The van der Waals surface area contributed by atoms with Crippen LogP contribution in [0, 0.1) is 5.82 Å². The Labute approximate surface area is 169 Å². The Bertz CT molecular complexity index is 1120. The van der Waals surface area contributed by atoms with Crippen molar-refractivity contribution in [1.82, 2.24) is 9.78 Å². The number of hydrogen-bond acceptors (Lipinski definition) is 5. The summed E-state index contributed by atoms with van der Waals surface area (Å²) >= 11 is 6.01. The van der Waals surface area contributed by atoms with E-state index in [0.29, 0.717) is 24.7 Å². The number of nitrogens with one attached hydrogen (secondary N) is 1. The van der Waals surface area contributed by atoms with Crippen molar-refractivity contribution < 1.29 is 23.4 Å². The van der Waals surface area contributed by atoms with Crippen LogP contribution in [0.2, 0.25) is 5.02 Å². The Morgan fingerprint density at radius 3 is 2.93 bits per heavy atom. The summed E-state index contributed by atoms with van der Waals surface area (Å²) in [6, 6.07) is 11.1. The molecule has 0 unspecified atom stereocenters. The molecule has 2 aliphatic heterocycles. The van der Waals surface area contributed by atoms with Crippen LogP contribution < -0.4 is 14.8 Å². The van der Waals surface area contributed by atoms with Crippen LogP contribution in [0.25, 0.3) is 0 Å². The first-order valence-electron chi connectivity index (χ1n) is 8.91. The van der Waals surface area contributed by atoms with Gasteiger partial charge < -0.3 is 19.5 Å². The van der Waals surface area contributed by atoms with Gasteiger partial charge in [-0.15, -0.1) is 0 Å². The molecule has 0 saturated carbocycles. The van der Waals surface area contributed by atoms with E-state index in [2.05, 4.69) is 10.4 Å². The molecule has 3 heterocycles.